The molecule has 0 bridgehead atoms. The molecule has 1 aromatic carbocycles. The van der Waals surface area contributed by atoms with Crippen LogP contribution in [0.5, 0.6) is 0 Å². The standard InChI is InChI=1S/C18H17N5O2S/c1-11-14(12(2)25-22-11)8-9-26-18-20-17(13-6-4-3-5-7-13)19-15-10-16(24)21-23(15)18/h3-7,10H,8-9H2,1-2H3,(H,21,24). The first-order valence-corrected chi connectivity index (χ1v) is 9.20. The molecule has 132 valence electrons. The summed E-state index contributed by atoms with van der Waals surface area (Å²) >= 11 is 1.56. The maximum atomic E-state index is 11.8. The minimum atomic E-state index is -0.197. The number of aryl methyl sites for hydroxylation is 2. The number of aromatic amines is 1. The molecule has 0 aliphatic rings. The van der Waals surface area contributed by atoms with Crippen molar-refractivity contribution in [2.24, 2.45) is 0 Å². The SMILES string of the molecule is Cc1noc(C)c1CCSc1nc(-c2ccccc2)nc2cc(=O)[nH]n12. The molecule has 0 amide bonds. The third kappa shape index (κ3) is 3.15. The van der Waals surface area contributed by atoms with E-state index in [0.29, 0.717) is 16.6 Å². The highest BCUT2D eigenvalue weighted by atomic mass is 32.2. The van der Waals surface area contributed by atoms with Crippen molar-refractivity contribution in [3.05, 3.63) is 63.8 Å². The lowest BCUT2D eigenvalue weighted by Crippen LogP contribution is -2.05. The van der Waals surface area contributed by atoms with E-state index in [-0.39, 0.29) is 5.56 Å². The summed E-state index contributed by atoms with van der Waals surface area (Å²) < 4.78 is 6.84. The van der Waals surface area contributed by atoms with Crippen LogP contribution in [0.1, 0.15) is 17.0 Å². The number of benzene rings is 1. The average Bonchev–Trinajstić information content (AvgIpc) is 3.18. The molecule has 7 nitrogen and oxygen atoms in total. The Hall–Kier alpha value is -2.87. The van der Waals surface area contributed by atoms with Crippen LogP contribution < -0.4 is 5.56 Å². The topological polar surface area (TPSA) is 89.1 Å². The van der Waals surface area contributed by atoms with Gasteiger partial charge in [-0.3, -0.25) is 9.89 Å². The number of fused-ring (bicyclic) bond motifs is 1. The van der Waals surface area contributed by atoms with Gasteiger partial charge in [-0.1, -0.05) is 47.3 Å². The number of rotatable bonds is 5. The van der Waals surface area contributed by atoms with Crippen molar-refractivity contribution in [1.82, 2.24) is 24.7 Å². The average molecular weight is 367 g/mol. The van der Waals surface area contributed by atoms with Crippen molar-refractivity contribution < 1.29 is 4.52 Å². The van der Waals surface area contributed by atoms with E-state index in [1.165, 1.54) is 6.07 Å². The molecule has 1 N–H and O–H groups in total. The molecule has 0 saturated carbocycles. The monoisotopic (exact) mass is 367 g/mol. The van der Waals surface area contributed by atoms with Gasteiger partial charge in [-0.05, 0) is 20.3 Å². The van der Waals surface area contributed by atoms with Gasteiger partial charge in [0.2, 0.25) is 0 Å². The fourth-order valence-electron chi connectivity index (χ4n) is 2.80. The van der Waals surface area contributed by atoms with Gasteiger partial charge in [-0.15, -0.1) is 0 Å². The van der Waals surface area contributed by atoms with Crippen molar-refractivity contribution in [2.75, 3.05) is 5.75 Å². The summed E-state index contributed by atoms with van der Waals surface area (Å²) in [6.07, 6.45) is 0.809. The molecule has 0 spiro atoms. The Balaban J connectivity index is 1.66. The van der Waals surface area contributed by atoms with Gasteiger partial charge in [0.25, 0.3) is 5.56 Å². The van der Waals surface area contributed by atoms with Gasteiger partial charge < -0.3 is 4.52 Å². The van der Waals surface area contributed by atoms with Crippen LogP contribution in [0.25, 0.3) is 17.0 Å². The largest absolute Gasteiger partial charge is 0.361 e. The number of thioether (sulfide) groups is 1. The van der Waals surface area contributed by atoms with E-state index in [2.05, 4.69) is 20.2 Å². The summed E-state index contributed by atoms with van der Waals surface area (Å²) in [5.41, 5.74) is 3.30. The lowest BCUT2D eigenvalue weighted by molar-refractivity contribution is 0.392. The summed E-state index contributed by atoms with van der Waals surface area (Å²) in [5, 5.41) is 7.44. The molecule has 0 fully saturated rings. The highest BCUT2D eigenvalue weighted by Gasteiger charge is 2.13. The van der Waals surface area contributed by atoms with Crippen molar-refractivity contribution in [3.63, 3.8) is 0 Å². The number of hydrogen-bond donors (Lipinski definition) is 1. The summed E-state index contributed by atoms with van der Waals surface area (Å²) in [4.78, 5) is 20.9. The van der Waals surface area contributed by atoms with E-state index in [4.69, 9.17) is 4.52 Å². The summed E-state index contributed by atoms with van der Waals surface area (Å²) in [6, 6.07) is 11.2. The number of hydrogen-bond acceptors (Lipinski definition) is 6. The second kappa shape index (κ2) is 6.80. The molecule has 8 heteroatoms. The van der Waals surface area contributed by atoms with Gasteiger partial charge in [0, 0.05) is 22.9 Å². The first-order chi connectivity index (χ1) is 12.6. The van der Waals surface area contributed by atoms with Crippen LogP contribution in [0.4, 0.5) is 0 Å². The lowest BCUT2D eigenvalue weighted by Gasteiger charge is -2.07. The van der Waals surface area contributed by atoms with E-state index in [9.17, 15) is 4.79 Å². The minimum Gasteiger partial charge on any atom is -0.361 e. The van der Waals surface area contributed by atoms with Gasteiger partial charge >= 0.3 is 0 Å². The summed E-state index contributed by atoms with van der Waals surface area (Å²) in [5.74, 6) is 2.23. The molecule has 4 aromatic rings. The van der Waals surface area contributed by atoms with Crippen molar-refractivity contribution in [1.29, 1.82) is 0 Å². The lowest BCUT2D eigenvalue weighted by atomic mass is 10.1. The Kier molecular flexibility index (Phi) is 4.34. The van der Waals surface area contributed by atoms with Gasteiger partial charge in [0.1, 0.15) is 5.76 Å². The third-order valence-electron chi connectivity index (χ3n) is 4.12. The van der Waals surface area contributed by atoms with Crippen LogP contribution in [0.2, 0.25) is 0 Å². The van der Waals surface area contributed by atoms with Crippen molar-refractivity contribution in [3.8, 4) is 11.4 Å². The summed E-state index contributed by atoms with van der Waals surface area (Å²) in [7, 11) is 0. The van der Waals surface area contributed by atoms with E-state index in [1.807, 2.05) is 44.2 Å². The van der Waals surface area contributed by atoms with Crippen LogP contribution in [-0.2, 0) is 6.42 Å². The molecule has 3 heterocycles. The first kappa shape index (κ1) is 16.6. The molecule has 0 saturated heterocycles. The Labute approximate surface area is 153 Å². The Bertz CT molecular complexity index is 1090. The van der Waals surface area contributed by atoms with Gasteiger partial charge in [0.05, 0.1) is 5.69 Å². The normalized spacial score (nSPS) is 11.3. The van der Waals surface area contributed by atoms with Gasteiger partial charge in [0.15, 0.2) is 16.6 Å². The molecule has 0 aliphatic carbocycles. The first-order valence-electron chi connectivity index (χ1n) is 8.21. The highest BCUT2D eigenvalue weighted by molar-refractivity contribution is 7.99. The predicted octanol–water partition coefficient (Wildman–Crippen LogP) is 3.02. The fourth-order valence-corrected chi connectivity index (χ4v) is 3.71. The molecule has 0 unspecified atom stereocenters. The quantitative estimate of drug-likeness (QED) is 0.546. The second-order valence-corrected chi connectivity index (χ2v) is 6.97. The number of nitrogens with zero attached hydrogens (tertiary/aromatic N) is 4. The van der Waals surface area contributed by atoms with Gasteiger partial charge in [-0.25, -0.2) is 14.5 Å². The number of H-pyrrole nitrogens is 1. The molecule has 4 rings (SSSR count). The fraction of sp³-hybridized carbons (Fsp3) is 0.222. The second-order valence-electron chi connectivity index (χ2n) is 5.91. The molecular weight excluding hydrogens is 350 g/mol. The smallest absolute Gasteiger partial charge is 0.266 e. The van der Waals surface area contributed by atoms with Crippen LogP contribution in [0, 0.1) is 13.8 Å². The zero-order valence-corrected chi connectivity index (χ0v) is 15.2. The van der Waals surface area contributed by atoms with Crippen LogP contribution >= 0.6 is 11.8 Å². The molecule has 26 heavy (non-hydrogen) atoms. The molecule has 0 atom stereocenters. The molecule has 0 radical (unpaired) electrons. The maximum Gasteiger partial charge on any atom is 0.266 e. The van der Waals surface area contributed by atoms with Crippen molar-refractivity contribution >= 4 is 17.4 Å². The molecular formula is C18H17N5O2S. The Morgan fingerprint density at radius 2 is 2.00 bits per heavy atom. The van der Waals surface area contributed by atoms with Crippen molar-refractivity contribution in [2.45, 2.75) is 25.4 Å². The predicted molar refractivity (Wildman–Crippen MR) is 99.4 cm³/mol. The maximum absolute atomic E-state index is 11.8. The Morgan fingerprint density at radius 3 is 2.73 bits per heavy atom. The number of nitrogens with one attached hydrogen (secondary N) is 1. The Morgan fingerprint density at radius 1 is 1.19 bits per heavy atom. The van der Waals surface area contributed by atoms with Crippen LogP contribution in [-0.4, -0.2) is 30.5 Å². The third-order valence-corrected chi connectivity index (χ3v) is 5.06. The zero-order valence-electron chi connectivity index (χ0n) is 14.4. The minimum absolute atomic E-state index is 0.197. The number of aromatic nitrogens is 5. The van der Waals surface area contributed by atoms with Gasteiger partial charge in [-0.2, -0.15) is 0 Å². The van der Waals surface area contributed by atoms with Crippen LogP contribution in [0.15, 0.2) is 50.9 Å². The highest BCUT2D eigenvalue weighted by Crippen LogP contribution is 2.23. The van der Waals surface area contributed by atoms with E-state index in [1.54, 1.807) is 16.3 Å². The molecule has 3 aromatic heterocycles. The van der Waals surface area contributed by atoms with E-state index < -0.39 is 0 Å². The molecule has 0 aliphatic heterocycles. The van der Waals surface area contributed by atoms with Crippen LogP contribution in [0.3, 0.4) is 0 Å². The van der Waals surface area contributed by atoms with E-state index >= 15 is 0 Å². The van der Waals surface area contributed by atoms with E-state index in [0.717, 1.165) is 34.8 Å². The zero-order chi connectivity index (χ0) is 18.1. The summed E-state index contributed by atoms with van der Waals surface area (Å²) in [6.45, 7) is 3.86.